The van der Waals surface area contributed by atoms with Gasteiger partial charge in [-0.3, -0.25) is 9.59 Å². The lowest BCUT2D eigenvalue weighted by Gasteiger charge is -2.29. The van der Waals surface area contributed by atoms with Crippen LogP contribution in [-0.2, 0) is 22.5 Å². The minimum Gasteiger partial charge on any atom is -0.466 e. The number of aryl methyl sites for hydroxylation is 1. The van der Waals surface area contributed by atoms with Crippen molar-refractivity contribution in [3.05, 3.63) is 23.5 Å². The lowest BCUT2D eigenvalue weighted by Crippen LogP contribution is -2.28. The van der Waals surface area contributed by atoms with E-state index >= 15 is 0 Å². The van der Waals surface area contributed by atoms with E-state index in [1.54, 1.807) is 0 Å². The summed E-state index contributed by atoms with van der Waals surface area (Å²) < 4.78 is 7.04. The van der Waals surface area contributed by atoms with Gasteiger partial charge in [0.2, 0.25) is 0 Å². The first-order chi connectivity index (χ1) is 9.43. The minimum absolute atomic E-state index is 0.0291. The normalized spacial score (nSPS) is 16.9. The van der Waals surface area contributed by atoms with Crippen molar-refractivity contribution in [1.29, 1.82) is 0 Å². The van der Waals surface area contributed by atoms with Crippen LogP contribution in [0.25, 0.3) is 0 Å². The number of fused-ring (bicyclic) bond motifs is 1. The molecule has 0 aromatic carbocycles. The van der Waals surface area contributed by atoms with Crippen LogP contribution in [0.2, 0.25) is 0 Å². The standard InChI is InChI=1S/C16H23NO3/c1-4-20-15(19)6-5-8-17-9-7-12-13(17)10-16(2,3)11-14(12)18/h7,9H,4-6,8,10-11H2,1-3H3. The van der Waals surface area contributed by atoms with Gasteiger partial charge in [0.25, 0.3) is 0 Å². The Morgan fingerprint density at radius 1 is 1.40 bits per heavy atom. The van der Waals surface area contributed by atoms with Crippen molar-refractivity contribution in [1.82, 2.24) is 4.57 Å². The molecule has 1 aliphatic carbocycles. The Morgan fingerprint density at radius 3 is 2.85 bits per heavy atom. The van der Waals surface area contributed by atoms with Crippen LogP contribution in [0.1, 0.15) is 56.1 Å². The summed E-state index contributed by atoms with van der Waals surface area (Å²) in [6.45, 7) is 7.26. The molecule has 0 radical (unpaired) electrons. The van der Waals surface area contributed by atoms with Gasteiger partial charge < -0.3 is 9.30 Å². The molecule has 0 spiro atoms. The van der Waals surface area contributed by atoms with Crippen LogP contribution in [0, 0.1) is 5.41 Å². The third kappa shape index (κ3) is 3.30. The number of ether oxygens (including phenoxy) is 1. The average Bonchev–Trinajstić information content (AvgIpc) is 2.71. The van der Waals surface area contributed by atoms with E-state index in [0.717, 1.165) is 30.6 Å². The fraction of sp³-hybridized carbons (Fsp3) is 0.625. The molecule has 0 N–H and O–H groups in total. The number of carbonyl (C=O) groups is 2. The smallest absolute Gasteiger partial charge is 0.305 e. The van der Waals surface area contributed by atoms with Crippen molar-refractivity contribution in [3.8, 4) is 0 Å². The SMILES string of the molecule is CCOC(=O)CCCn1ccc2c1CC(C)(C)CC2=O. The second-order valence-electron chi connectivity index (χ2n) is 6.22. The topological polar surface area (TPSA) is 48.3 Å². The molecule has 0 saturated carbocycles. The maximum absolute atomic E-state index is 12.1. The second kappa shape index (κ2) is 5.81. The average molecular weight is 277 g/mol. The first-order valence-corrected chi connectivity index (χ1v) is 7.30. The molecular formula is C16H23NO3. The van der Waals surface area contributed by atoms with E-state index < -0.39 is 0 Å². The second-order valence-corrected chi connectivity index (χ2v) is 6.22. The van der Waals surface area contributed by atoms with E-state index in [4.69, 9.17) is 4.74 Å². The van der Waals surface area contributed by atoms with Gasteiger partial charge in [-0.25, -0.2) is 0 Å². The number of aromatic nitrogens is 1. The molecule has 110 valence electrons. The molecule has 1 aliphatic rings. The Hall–Kier alpha value is -1.58. The van der Waals surface area contributed by atoms with Crippen LogP contribution in [0.3, 0.4) is 0 Å². The molecule has 0 aliphatic heterocycles. The van der Waals surface area contributed by atoms with Crippen LogP contribution in [-0.4, -0.2) is 22.9 Å². The Labute approximate surface area is 120 Å². The van der Waals surface area contributed by atoms with Gasteiger partial charge >= 0.3 is 5.97 Å². The lowest BCUT2D eigenvalue weighted by molar-refractivity contribution is -0.143. The number of ketones is 1. The van der Waals surface area contributed by atoms with Crippen molar-refractivity contribution in [2.45, 2.75) is 53.0 Å². The van der Waals surface area contributed by atoms with Gasteiger partial charge in [0.1, 0.15) is 0 Å². The summed E-state index contributed by atoms with van der Waals surface area (Å²) >= 11 is 0. The van der Waals surface area contributed by atoms with Crippen LogP contribution in [0.5, 0.6) is 0 Å². The van der Waals surface area contributed by atoms with E-state index in [1.807, 2.05) is 19.2 Å². The summed E-state index contributed by atoms with van der Waals surface area (Å²) in [5.74, 6) is 0.0883. The fourth-order valence-corrected chi connectivity index (χ4v) is 2.84. The number of rotatable bonds is 5. The summed E-state index contributed by atoms with van der Waals surface area (Å²) in [5, 5.41) is 0. The third-order valence-corrected chi connectivity index (χ3v) is 3.75. The summed E-state index contributed by atoms with van der Waals surface area (Å²) in [6, 6.07) is 1.91. The zero-order valence-electron chi connectivity index (χ0n) is 12.6. The van der Waals surface area contributed by atoms with Gasteiger partial charge in [0.15, 0.2) is 5.78 Å². The van der Waals surface area contributed by atoms with E-state index in [1.165, 1.54) is 0 Å². The van der Waals surface area contributed by atoms with Gasteiger partial charge in [-0.05, 0) is 31.2 Å². The molecule has 0 saturated heterocycles. The Kier molecular flexibility index (Phi) is 4.31. The van der Waals surface area contributed by atoms with Crippen LogP contribution in [0.4, 0.5) is 0 Å². The molecule has 4 nitrogen and oxygen atoms in total. The van der Waals surface area contributed by atoms with Crippen molar-refractivity contribution in [2.24, 2.45) is 5.41 Å². The predicted molar refractivity (Wildman–Crippen MR) is 76.7 cm³/mol. The molecule has 1 heterocycles. The maximum atomic E-state index is 12.1. The first-order valence-electron chi connectivity index (χ1n) is 7.30. The molecule has 0 unspecified atom stereocenters. The maximum Gasteiger partial charge on any atom is 0.305 e. The molecule has 0 amide bonds. The van der Waals surface area contributed by atoms with Gasteiger partial charge in [0.05, 0.1) is 6.61 Å². The van der Waals surface area contributed by atoms with Gasteiger partial charge in [0, 0.05) is 36.8 Å². The fourth-order valence-electron chi connectivity index (χ4n) is 2.84. The van der Waals surface area contributed by atoms with Crippen LogP contribution >= 0.6 is 0 Å². The molecule has 2 rings (SSSR count). The number of esters is 1. The van der Waals surface area contributed by atoms with E-state index in [9.17, 15) is 9.59 Å². The highest BCUT2D eigenvalue weighted by atomic mass is 16.5. The molecule has 1 aromatic heterocycles. The number of carbonyl (C=O) groups excluding carboxylic acids is 2. The zero-order chi connectivity index (χ0) is 14.8. The van der Waals surface area contributed by atoms with Crippen molar-refractivity contribution < 1.29 is 14.3 Å². The summed E-state index contributed by atoms with van der Waals surface area (Å²) in [6.07, 6.45) is 4.68. The highest BCUT2D eigenvalue weighted by Crippen LogP contribution is 2.35. The number of hydrogen-bond acceptors (Lipinski definition) is 3. The number of Topliss-reactive ketones (excluding diaryl/α,β-unsaturated/α-hetero) is 1. The van der Waals surface area contributed by atoms with Gasteiger partial charge in [-0.15, -0.1) is 0 Å². The zero-order valence-corrected chi connectivity index (χ0v) is 12.6. The molecule has 20 heavy (non-hydrogen) atoms. The van der Waals surface area contributed by atoms with E-state index in [0.29, 0.717) is 19.4 Å². The van der Waals surface area contributed by atoms with Crippen LogP contribution < -0.4 is 0 Å². The highest BCUT2D eigenvalue weighted by molar-refractivity contribution is 5.98. The Morgan fingerprint density at radius 2 is 2.15 bits per heavy atom. The van der Waals surface area contributed by atoms with E-state index in [2.05, 4.69) is 18.4 Å². The predicted octanol–water partition coefficient (Wildman–Crippen LogP) is 2.99. The lowest BCUT2D eigenvalue weighted by atomic mass is 9.76. The monoisotopic (exact) mass is 277 g/mol. The number of nitrogens with zero attached hydrogens (tertiary/aromatic N) is 1. The molecule has 4 heteroatoms. The first kappa shape index (κ1) is 14.8. The quantitative estimate of drug-likeness (QED) is 0.777. The minimum atomic E-state index is -0.148. The van der Waals surface area contributed by atoms with Crippen LogP contribution in [0.15, 0.2) is 12.3 Å². The van der Waals surface area contributed by atoms with Crippen molar-refractivity contribution in [3.63, 3.8) is 0 Å². The third-order valence-electron chi connectivity index (χ3n) is 3.75. The van der Waals surface area contributed by atoms with Gasteiger partial charge in [-0.2, -0.15) is 0 Å². The van der Waals surface area contributed by atoms with Crippen molar-refractivity contribution in [2.75, 3.05) is 6.61 Å². The van der Waals surface area contributed by atoms with Gasteiger partial charge in [-0.1, -0.05) is 13.8 Å². The van der Waals surface area contributed by atoms with Crippen molar-refractivity contribution >= 4 is 11.8 Å². The summed E-state index contributed by atoms with van der Waals surface area (Å²) in [4.78, 5) is 23.4. The summed E-state index contributed by atoms with van der Waals surface area (Å²) in [7, 11) is 0. The Balaban J connectivity index is 2.01. The summed E-state index contributed by atoms with van der Waals surface area (Å²) in [5.41, 5.74) is 2.01. The molecular weight excluding hydrogens is 254 g/mol. The number of hydrogen-bond donors (Lipinski definition) is 0. The molecule has 0 fully saturated rings. The molecule has 0 bridgehead atoms. The van der Waals surface area contributed by atoms with E-state index in [-0.39, 0.29) is 17.2 Å². The largest absolute Gasteiger partial charge is 0.466 e. The Bertz CT molecular complexity index is 514. The highest BCUT2D eigenvalue weighted by Gasteiger charge is 2.32. The molecule has 0 atom stereocenters. The molecule has 1 aromatic rings.